The van der Waals surface area contributed by atoms with Gasteiger partial charge in [0.15, 0.2) is 0 Å². The minimum atomic E-state index is 0.542. The largest absolute Gasteiger partial charge is 0.375 e. The molecule has 0 bridgehead atoms. The molecule has 16 heavy (non-hydrogen) atoms. The van der Waals surface area contributed by atoms with Crippen LogP contribution in [0.5, 0.6) is 0 Å². The molecule has 1 fully saturated rings. The Morgan fingerprint density at radius 3 is 1.75 bits per heavy atom. The van der Waals surface area contributed by atoms with Crippen LogP contribution in [-0.2, 0) is 0 Å². The van der Waals surface area contributed by atoms with Crippen molar-refractivity contribution in [3.8, 4) is 0 Å². The van der Waals surface area contributed by atoms with Crippen molar-refractivity contribution in [2.45, 2.75) is 41.0 Å². The van der Waals surface area contributed by atoms with Gasteiger partial charge in [0.05, 0.1) is 0 Å². The predicted octanol–water partition coefficient (Wildman–Crippen LogP) is 3.21. The first-order chi connectivity index (χ1) is 7.42. The monoisotopic (exact) mass is 226 g/mol. The van der Waals surface area contributed by atoms with Gasteiger partial charge in [-0.05, 0) is 18.2 Å². The molecule has 0 radical (unpaired) electrons. The van der Waals surface area contributed by atoms with Gasteiger partial charge >= 0.3 is 0 Å². The van der Waals surface area contributed by atoms with E-state index in [2.05, 4.69) is 51.0 Å². The molecule has 0 aromatic carbocycles. The Morgan fingerprint density at radius 2 is 1.50 bits per heavy atom. The predicted molar refractivity (Wildman–Crippen MR) is 73.6 cm³/mol. The zero-order chi connectivity index (χ0) is 12.6. The first-order valence-corrected chi connectivity index (χ1v) is 6.52. The van der Waals surface area contributed by atoms with Crippen LogP contribution in [0.15, 0.2) is 12.8 Å². The Labute approximate surface area is 102 Å². The van der Waals surface area contributed by atoms with Gasteiger partial charge in [-0.2, -0.15) is 0 Å². The molecule has 2 nitrogen and oxygen atoms in total. The van der Waals surface area contributed by atoms with Crippen molar-refractivity contribution in [1.29, 1.82) is 0 Å². The maximum Gasteiger partial charge on any atom is 0.0300 e. The average Bonchev–Trinajstić information content (AvgIpc) is 2.29. The van der Waals surface area contributed by atoms with Crippen LogP contribution in [0.1, 0.15) is 41.0 Å². The zero-order valence-corrected chi connectivity index (χ0v) is 11.9. The fourth-order valence-corrected chi connectivity index (χ4v) is 1.26. The molecular weight excluding hydrogens is 196 g/mol. The normalized spacial score (nSPS) is 17.7. The van der Waals surface area contributed by atoms with E-state index < -0.39 is 0 Å². The number of hydrogen-bond donors (Lipinski definition) is 0. The van der Waals surface area contributed by atoms with Gasteiger partial charge in [0.2, 0.25) is 0 Å². The smallest absolute Gasteiger partial charge is 0.0300 e. The number of piperazine rings is 1. The van der Waals surface area contributed by atoms with Crippen LogP contribution in [0.4, 0.5) is 0 Å². The third-order valence-electron chi connectivity index (χ3n) is 3.17. The highest BCUT2D eigenvalue weighted by molar-refractivity contribution is 4.77. The van der Waals surface area contributed by atoms with Gasteiger partial charge in [-0.25, -0.2) is 0 Å². The SMILES string of the molecule is C=CN1CCN(CC)CC1.CCC(C)(C)C. The third kappa shape index (κ3) is 7.75. The molecule has 1 heterocycles. The van der Waals surface area contributed by atoms with Crippen LogP contribution in [0, 0.1) is 5.41 Å². The van der Waals surface area contributed by atoms with Gasteiger partial charge in [-0.15, -0.1) is 0 Å². The quantitative estimate of drug-likeness (QED) is 0.713. The Bertz CT molecular complexity index is 174. The first kappa shape index (κ1) is 15.5. The highest BCUT2D eigenvalue weighted by atomic mass is 15.2. The van der Waals surface area contributed by atoms with Crippen molar-refractivity contribution >= 4 is 0 Å². The van der Waals surface area contributed by atoms with Crippen molar-refractivity contribution in [3.63, 3.8) is 0 Å². The van der Waals surface area contributed by atoms with E-state index in [1.807, 2.05) is 6.20 Å². The summed E-state index contributed by atoms with van der Waals surface area (Å²) in [6, 6.07) is 0. The average molecular weight is 226 g/mol. The summed E-state index contributed by atoms with van der Waals surface area (Å²) in [4.78, 5) is 4.73. The Kier molecular flexibility index (Phi) is 7.48. The van der Waals surface area contributed by atoms with E-state index in [0.717, 1.165) is 13.1 Å². The second-order valence-electron chi connectivity index (χ2n) is 5.57. The van der Waals surface area contributed by atoms with Crippen molar-refractivity contribution in [2.24, 2.45) is 5.41 Å². The molecule has 0 amide bonds. The number of rotatable bonds is 2. The first-order valence-electron chi connectivity index (χ1n) is 6.52. The third-order valence-corrected chi connectivity index (χ3v) is 3.17. The van der Waals surface area contributed by atoms with Crippen molar-refractivity contribution in [2.75, 3.05) is 32.7 Å². The van der Waals surface area contributed by atoms with E-state index in [9.17, 15) is 0 Å². The maximum absolute atomic E-state index is 3.74. The number of nitrogens with zero attached hydrogens (tertiary/aromatic N) is 2. The Balaban J connectivity index is 0.000000325. The van der Waals surface area contributed by atoms with Crippen molar-refractivity contribution in [3.05, 3.63) is 12.8 Å². The van der Waals surface area contributed by atoms with Gasteiger partial charge in [-0.3, -0.25) is 0 Å². The molecule has 1 saturated heterocycles. The topological polar surface area (TPSA) is 6.48 Å². The molecule has 0 aromatic rings. The van der Waals surface area contributed by atoms with Crippen LogP contribution in [0.3, 0.4) is 0 Å². The molecule has 2 heteroatoms. The molecule has 0 atom stereocenters. The van der Waals surface area contributed by atoms with Crippen LogP contribution >= 0.6 is 0 Å². The van der Waals surface area contributed by atoms with Crippen molar-refractivity contribution < 1.29 is 0 Å². The summed E-state index contributed by atoms with van der Waals surface area (Å²) in [5.74, 6) is 0. The van der Waals surface area contributed by atoms with E-state index >= 15 is 0 Å². The summed E-state index contributed by atoms with van der Waals surface area (Å²) in [5.41, 5.74) is 0.542. The molecule has 0 unspecified atom stereocenters. The molecule has 0 N–H and O–H groups in total. The highest BCUT2D eigenvalue weighted by Crippen LogP contribution is 2.16. The van der Waals surface area contributed by atoms with Gasteiger partial charge in [0, 0.05) is 26.2 Å². The molecule has 0 saturated carbocycles. The van der Waals surface area contributed by atoms with Gasteiger partial charge in [0.25, 0.3) is 0 Å². The fraction of sp³-hybridized carbons (Fsp3) is 0.857. The second kappa shape index (κ2) is 7.72. The lowest BCUT2D eigenvalue weighted by molar-refractivity contribution is 0.176. The van der Waals surface area contributed by atoms with Crippen molar-refractivity contribution in [1.82, 2.24) is 9.80 Å². The van der Waals surface area contributed by atoms with E-state index in [1.54, 1.807) is 0 Å². The van der Waals surface area contributed by atoms with Crippen LogP contribution in [-0.4, -0.2) is 42.5 Å². The molecule has 1 rings (SSSR count). The van der Waals surface area contributed by atoms with Crippen LogP contribution in [0.25, 0.3) is 0 Å². The zero-order valence-electron chi connectivity index (χ0n) is 11.9. The lowest BCUT2D eigenvalue weighted by Gasteiger charge is -2.32. The minimum absolute atomic E-state index is 0.542. The second-order valence-corrected chi connectivity index (χ2v) is 5.57. The van der Waals surface area contributed by atoms with E-state index in [0.29, 0.717) is 5.41 Å². The molecule has 0 spiro atoms. The van der Waals surface area contributed by atoms with E-state index in [4.69, 9.17) is 0 Å². The Morgan fingerprint density at radius 1 is 1.06 bits per heavy atom. The standard InChI is InChI=1S/C8H16N2.C6H14/c1-3-9-5-7-10(4-2)8-6-9;1-5-6(2,3)4/h3H,1,4-8H2,2H3;5H2,1-4H3. The summed E-state index contributed by atoms with van der Waals surface area (Å²) >= 11 is 0. The molecule has 1 aliphatic heterocycles. The Hall–Kier alpha value is -0.500. The lowest BCUT2D eigenvalue weighted by atomic mass is 9.94. The highest BCUT2D eigenvalue weighted by Gasteiger charge is 2.10. The maximum atomic E-state index is 3.74. The van der Waals surface area contributed by atoms with Crippen LogP contribution < -0.4 is 0 Å². The summed E-state index contributed by atoms with van der Waals surface area (Å²) in [6.07, 6.45) is 3.21. The number of likely N-dealkylation sites (N-methyl/N-ethyl adjacent to an activating group) is 1. The fourth-order valence-electron chi connectivity index (χ4n) is 1.26. The molecular formula is C14H30N2. The van der Waals surface area contributed by atoms with Gasteiger partial charge in [0.1, 0.15) is 0 Å². The van der Waals surface area contributed by atoms with Gasteiger partial charge < -0.3 is 9.80 Å². The van der Waals surface area contributed by atoms with Gasteiger partial charge in [-0.1, -0.05) is 47.6 Å². The van der Waals surface area contributed by atoms with Crippen LogP contribution in [0.2, 0.25) is 0 Å². The molecule has 0 aliphatic carbocycles. The number of hydrogen-bond acceptors (Lipinski definition) is 2. The van der Waals surface area contributed by atoms with E-state index in [-0.39, 0.29) is 0 Å². The lowest BCUT2D eigenvalue weighted by Crippen LogP contribution is -2.43. The summed E-state index contributed by atoms with van der Waals surface area (Å²) < 4.78 is 0. The summed E-state index contributed by atoms with van der Waals surface area (Å²) in [7, 11) is 0. The molecule has 0 aromatic heterocycles. The molecule has 1 aliphatic rings. The minimum Gasteiger partial charge on any atom is -0.375 e. The summed E-state index contributed by atoms with van der Waals surface area (Å²) in [5, 5.41) is 0. The van der Waals surface area contributed by atoms with E-state index in [1.165, 1.54) is 26.1 Å². The summed E-state index contributed by atoms with van der Waals surface area (Å²) in [6.45, 7) is 20.8. The molecule has 96 valence electrons.